The summed E-state index contributed by atoms with van der Waals surface area (Å²) in [6.07, 6.45) is 3.08. The zero-order chi connectivity index (χ0) is 18.7. The van der Waals surface area contributed by atoms with E-state index >= 15 is 0 Å². The van der Waals surface area contributed by atoms with Crippen molar-refractivity contribution < 1.29 is 14.7 Å². The minimum Gasteiger partial charge on any atom is -0.478 e. The molecule has 3 heterocycles. The lowest BCUT2D eigenvalue weighted by atomic mass is 10.2. The number of piperazine rings is 1. The molecule has 0 radical (unpaired) electrons. The first-order valence-corrected chi connectivity index (χ1v) is 8.19. The van der Waals surface area contributed by atoms with Crippen LogP contribution in [-0.2, 0) is 0 Å². The van der Waals surface area contributed by atoms with Gasteiger partial charge in [-0.25, -0.2) is 19.6 Å². The van der Waals surface area contributed by atoms with Crippen LogP contribution in [0.1, 0.15) is 10.4 Å². The summed E-state index contributed by atoms with van der Waals surface area (Å²) < 4.78 is 0. The fraction of sp³-hybridized carbons (Fsp3) is 0.353. The van der Waals surface area contributed by atoms with Crippen LogP contribution in [-0.4, -0.2) is 82.1 Å². The summed E-state index contributed by atoms with van der Waals surface area (Å²) in [5.41, 5.74) is 1.20. The van der Waals surface area contributed by atoms with Crippen molar-refractivity contribution in [2.24, 2.45) is 0 Å². The van der Waals surface area contributed by atoms with E-state index in [1.54, 1.807) is 36.2 Å². The predicted octanol–water partition coefficient (Wildman–Crippen LogP) is 1.04. The number of carbonyl (C=O) groups excluding carboxylic acids is 1. The molecule has 26 heavy (non-hydrogen) atoms. The molecule has 0 aromatic carbocycles. The minimum absolute atomic E-state index is 0.00555. The van der Waals surface area contributed by atoms with Gasteiger partial charge in [-0.05, 0) is 18.2 Å². The lowest BCUT2D eigenvalue weighted by Crippen LogP contribution is -2.51. The first-order chi connectivity index (χ1) is 12.5. The summed E-state index contributed by atoms with van der Waals surface area (Å²) in [5.74, 6) is -0.466. The minimum atomic E-state index is -1.01. The number of anilines is 1. The number of aromatic carboxylic acids is 1. The van der Waals surface area contributed by atoms with Gasteiger partial charge in [0, 0.05) is 52.7 Å². The number of carbonyl (C=O) groups is 2. The Hall–Kier alpha value is -3.23. The first-order valence-electron chi connectivity index (χ1n) is 8.19. The molecule has 2 aromatic rings. The number of amides is 2. The van der Waals surface area contributed by atoms with E-state index in [9.17, 15) is 9.59 Å². The Balaban J connectivity index is 1.75. The molecule has 9 nitrogen and oxygen atoms in total. The molecule has 0 atom stereocenters. The number of aromatic nitrogens is 3. The second-order valence-electron chi connectivity index (χ2n) is 6.13. The maximum atomic E-state index is 12.0. The summed E-state index contributed by atoms with van der Waals surface area (Å²) in [4.78, 5) is 41.5. The molecule has 1 fully saturated rings. The van der Waals surface area contributed by atoms with Crippen LogP contribution in [0, 0.1) is 0 Å². The topological polar surface area (TPSA) is 103 Å². The van der Waals surface area contributed by atoms with Crippen molar-refractivity contribution in [3.8, 4) is 11.4 Å². The van der Waals surface area contributed by atoms with Crippen LogP contribution in [0.2, 0.25) is 0 Å². The maximum Gasteiger partial charge on any atom is 0.335 e. The molecule has 2 aromatic heterocycles. The Morgan fingerprint density at radius 2 is 1.73 bits per heavy atom. The van der Waals surface area contributed by atoms with Crippen molar-refractivity contribution in [2.45, 2.75) is 0 Å². The summed E-state index contributed by atoms with van der Waals surface area (Å²) in [7, 11) is 3.47. The van der Waals surface area contributed by atoms with Crippen molar-refractivity contribution >= 4 is 17.9 Å². The highest BCUT2D eigenvalue weighted by Gasteiger charge is 2.23. The average molecular weight is 356 g/mol. The fourth-order valence-corrected chi connectivity index (χ4v) is 2.73. The summed E-state index contributed by atoms with van der Waals surface area (Å²) >= 11 is 0. The van der Waals surface area contributed by atoms with Gasteiger partial charge in [0.25, 0.3) is 0 Å². The predicted molar refractivity (Wildman–Crippen MR) is 95.1 cm³/mol. The summed E-state index contributed by atoms with van der Waals surface area (Å²) in [6, 6.07) is 4.62. The summed E-state index contributed by atoms with van der Waals surface area (Å²) in [6.45, 7) is 2.45. The molecule has 0 spiro atoms. The number of nitrogens with zero attached hydrogens (tertiary/aromatic N) is 6. The van der Waals surface area contributed by atoms with Crippen molar-refractivity contribution in [1.82, 2.24) is 24.8 Å². The Morgan fingerprint density at radius 3 is 2.38 bits per heavy atom. The standard InChI is InChI=1S/C17H20N6O3/c1-21(2)17(26)23-9-7-22(8-10-23)16-19-6-4-13(20-16)14-11-12(15(24)25)3-5-18-14/h3-6,11H,7-10H2,1-2H3,(H,24,25). The van der Waals surface area contributed by atoms with Gasteiger partial charge in [0.1, 0.15) is 0 Å². The number of carboxylic acids is 1. The number of urea groups is 1. The third-order valence-corrected chi connectivity index (χ3v) is 4.13. The summed E-state index contributed by atoms with van der Waals surface area (Å²) in [5, 5.41) is 9.12. The highest BCUT2D eigenvalue weighted by molar-refractivity contribution is 5.88. The van der Waals surface area contributed by atoms with Gasteiger partial charge in [0.05, 0.1) is 17.0 Å². The van der Waals surface area contributed by atoms with Gasteiger partial charge >= 0.3 is 12.0 Å². The lowest BCUT2D eigenvalue weighted by molar-refractivity contribution is 0.0696. The third-order valence-electron chi connectivity index (χ3n) is 4.13. The molecule has 0 unspecified atom stereocenters. The van der Waals surface area contributed by atoms with E-state index in [1.807, 2.05) is 4.90 Å². The molecule has 2 amide bonds. The van der Waals surface area contributed by atoms with E-state index in [2.05, 4.69) is 15.0 Å². The Labute approximate surface area is 150 Å². The normalized spacial score (nSPS) is 14.2. The lowest BCUT2D eigenvalue weighted by Gasteiger charge is -2.35. The van der Waals surface area contributed by atoms with E-state index in [1.165, 1.54) is 18.3 Å². The molecule has 0 aliphatic carbocycles. The molecule has 9 heteroatoms. The Bertz CT molecular complexity index is 818. The van der Waals surface area contributed by atoms with Crippen LogP contribution in [0.25, 0.3) is 11.4 Å². The van der Waals surface area contributed by atoms with E-state index in [-0.39, 0.29) is 11.6 Å². The van der Waals surface area contributed by atoms with Gasteiger partial charge in [-0.15, -0.1) is 0 Å². The van der Waals surface area contributed by atoms with Crippen molar-refractivity contribution in [2.75, 3.05) is 45.2 Å². The van der Waals surface area contributed by atoms with Crippen molar-refractivity contribution in [3.63, 3.8) is 0 Å². The molecule has 0 bridgehead atoms. The highest BCUT2D eigenvalue weighted by Crippen LogP contribution is 2.19. The van der Waals surface area contributed by atoms with Crippen LogP contribution >= 0.6 is 0 Å². The molecule has 3 rings (SSSR count). The third kappa shape index (κ3) is 3.71. The SMILES string of the molecule is CN(C)C(=O)N1CCN(c2nccc(-c3cc(C(=O)O)ccn3)n2)CC1. The van der Waals surface area contributed by atoms with E-state index in [0.29, 0.717) is 43.5 Å². The van der Waals surface area contributed by atoms with E-state index < -0.39 is 5.97 Å². The number of rotatable bonds is 3. The zero-order valence-electron chi connectivity index (χ0n) is 14.7. The van der Waals surface area contributed by atoms with Gasteiger partial charge in [0.2, 0.25) is 5.95 Å². The quantitative estimate of drug-likeness (QED) is 0.876. The van der Waals surface area contributed by atoms with Gasteiger partial charge in [-0.3, -0.25) is 4.98 Å². The molecule has 1 saturated heterocycles. The van der Waals surface area contributed by atoms with Crippen LogP contribution in [0.4, 0.5) is 10.7 Å². The van der Waals surface area contributed by atoms with Crippen molar-refractivity contribution in [1.29, 1.82) is 0 Å². The number of carboxylic acid groups (broad SMARTS) is 1. The van der Waals surface area contributed by atoms with Gasteiger partial charge in [-0.1, -0.05) is 0 Å². The Morgan fingerprint density at radius 1 is 1.04 bits per heavy atom. The van der Waals surface area contributed by atoms with E-state index in [4.69, 9.17) is 5.11 Å². The largest absolute Gasteiger partial charge is 0.478 e. The number of hydrogen-bond donors (Lipinski definition) is 1. The van der Waals surface area contributed by atoms with Crippen LogP contribution in [0.5, 0.6) is 0 Å². The van der Waals surface area contributed by atoms with Gasteiger partial charge in [-0.2, -0.15) is 0 Å². The average Bonchev–Trinajstić information content (AvgIpc) is 2.67. The molecule has 1 N–H and O–H groups in total. The number of pyridine rings is 1. The first kappa shape index (κ1) is 17.6. The maximum absolute atomic E-state index is 12.0. The van der Waals surface area contributed by atoms with Crippen LogP contribution in [0.3, 0.4) is 0 Å². The fourth-order valence-electron chi connectivity index (χ4n) is 2.73. The molecule has 0 saturated carbocycles. The smallest absolute Gasteiger partial charge is 0.335 e. The molecular formula is C17H20N6O3. The Kier molecular flexibility index (Phi) is 4.97. The second kappa shape index (κ2) is 7.34. The zero-order valence-corrected chi connectivity index (χ0v) is 14.7. The molecule has 136 valence electrons. The van der Waals surface area contributed by atoms with E-state index in [0.717, 1.165) is 0 Å². The van der Waals surface area contributed by atoms with Gasteiger partial charge < -0.3 is 19.8 Å². The monoisotopic (exact) mass is 356 g/mol. The van der Waals surface area contributed by atoms with Crippen LogP contribution in [0.15, 0.2) is 30.6 Å². The van der Waals surface area contributed by atoms with Crippen LogP contribution < -0.4 is 4.90 Å². The van der Waals surface area contributed by atoms with Crippen molar-refractivity contribution in [3.05, 3.63) is 36.2 Å². The number of hydrogen-bond acceptors (Lipinski definition) is 6. The van der Waals surface area contributed by atoms with Gasteiger partial charge in [0.15, 0.2) is 0 Å². The molecular weight excluding hydrogens is 336 g/mol. The molecule has 1 aliphatic heterocycles. The highest BCUT2D eigenvalue weighted by atomic mass is 16.4. The molecule has 1 aliphatic rings. The second-order valence-corrected chi connectivity index (χ2v) is 6.13.